The average Bonchev–Trinajstić information content (AvgIpc) is 3.03. The van der Waals surface area contributed by atoms with Crippen molar-refractivity contribution in [3.05, 3.63) is 72.2 Å². The maximum absolute atomic E-state index is 12.0. The van der Waals surface area contributed by atoms with Gasteiger partial charge in [0.2, 0.25) is 5.91 Å². The van der Waals surface area contributed by atoms with Crippen molar-refractivity contribution in [3.63, 3.8) is 0 Å². The van der Waals surface area contributed by atoms with Crippen molar-refractivity contribution >= 4 is 28.9 Å². The Bertz CT molecular complexity index is 916. The first-order valence-electron chi connectivity index (χ1n) is 7.81. The van der Waals surface area contributed by atoms with Crippen LogP contribution in [0.5, 0.6) is 0 Å². The summed E-state index contributed by atoms with van der Waals surface area (Å²) in [5, 5.41) is 12.9. The number of carboxylic acids is 1. The quantitative estimate of drug-likeness (QED) is 0.603. The Balaban J connectivity index is 1.70. The number of aromatic nitrogens is 2. The fraction of sp³-hybridized carbons (Fsp3) is 0.105. The number of pyridine rings is 1. The van der Waals surface area contributed by atoms with Crippen molar-refractivity contribution in [3.8, 4) is 0 Å². The lowest BCUT2D eigenvalue weighted by molar-refractivity contribution is -0.141. The zero-order chi connectivity index (χ0) is 17.6. The van der Waals surface area contributed by atoms with Crippen LogP contribution in [-0.2, 0) is 16.0 Å². The van der Waals surface area contributed by atoms with Gasteiger partial charge in [0.1, 0.15) is 6.04 Å². The molecule has 0 aliphatic rings. The minimum Gasteiger partial charge on any atom is -0.480 e. The number of hydrogen-bond donors (Lipinski definition) is 3. The van der Waals surface area contributed by atoms with Gasteiger partial charge in [0.05, 0.1) is 5.69 Å². The van der Waals surface area contributed by atoms with Gasteiger partial charge in [-0.3, -0.25) is 9.78 Å². The van der Waals surface area contributed by atoms with Crippen LogP contribution in [0.4, 0.5) is 0 Å². The molecule has 1 aromatic carbocycles. The monoisotopic (exact) mass is 335 g/mol. The molecule has 6 nitrogen and oxygen atoms in total. The molecular weight excluding hydrogens is 318 g/mol. The number of fused-ring (bicyclic) bond motifs is 1. The van der Waals surface area contributed by atoms with Crippen LogP contribution in [0.2, 0.25) is 0 Å². The Hall–Kier alpha value is -3.41. The van der Waals surface area contributed by atoms with E-state index in [1.165, 1.54) is 6.08 Å². The van der Waals surface area contributed by atoms with E-state index in [1.807, 2.05) is 30.3 Å². The predicted octanol–water partition coefficient (Wildman–Crippen LogP) is 2.39. The first kappa shape index (κ1) is 16.4. The number of nitrogens with zero attached hydrogens (tertiary/aromatic N) is 1. The van der Waals surface area contributed by atoms with Gasteiger partial charge in [-0.25, -0.2) is 4.79 Å². The topological polar surface area (TPSA) is 95.1 Å². The van der Waals surface area contributed by atoms with Crippen molar-refractivity contribution in [1.82, 2.24) is 15.3 Å². The van der Waals surface area contributed by atoms with Crippen LogP contribution in [0.1, 0.15) is 11.3 Å². The lowest BCUT2D eigenvalue weighted by Crippen LogP contribution is -2.41. The number of hydrogen-bond acceptors (Lipinski definition) is 3. The molecule has 1 unspecified atom stereocenters. The second-order valence-corrected chi connectivity index (χ2v) is 5.55. The van der Waals surface area contributed by atoms with Gasteiger partial charge < -0.3 is 15.4 Å². The van der Waals surface area contributed by atoms with E-state index in [9.17, 15) is 14.7 Å². The molecule has 126 valence electrons. The highest BCUT2D eigenvalue weighted by molar-refractivity contribution is 5.94. The lowest BCUT2D eigenvalue weighted by Gasteiger charge is -2.12. The fourth-order valence-corrected chi connectivity index (χ4v) is 2.58. The SMILES string of the molecule is O=C(C=Cc1ccccn1)NC(Cc1c[nH]c2ccccc12)C(=O)O. The number of carbonyl (C=O) groups is 2. The summed E-state index contributed by atoms with van der Waals surface area (Å²) < 4.78 is 0. The summed E-state index contributed by atoms with van der Waals surface area (Å²) >= 11 is 0. The minimum absolute atomic E-state index is 0.197. The third kappa shape index (κ3) is 4.11. The normalized spacial score (nSPS) is 12.3. The van der Waals surface area contributed by atoms with Gasteiger partial charge in [-0.1, -0.05) is 24.3 Å². The molecule has 25 heavy (non-hydrogen) atoms. The summed E-state index contributed by atoms with van der Waals surface area (Å²) in [6, 6.07) is 12.0. The molecule has 1 amide bonds. The number of para-hydroxylation sites is 1. The van der Waals surface area contributed by atoms with Gasteiger partial charge in [-0.2, -0.15) is 0 Å². The Morgan fingerprint density at radius 1 is 1.20 bits per heavy atom. The molecule has 0 fully saturated rings. The van der Waals surface area contributed by atoms with Crippen LogP contribution in [0, 0.1) is 0 Å². The van der Waals surface area contributed by atoms with E-state index in [4.69, 9.17) is 0 Å². The van der Waals surface area contributed by atoms with Gasteiger partial charge in [0.15, 0.2) is 0 Å². The number of benzene rings is 1. The van der Waals surface area contributed by atoms with Crippen LogP contribution < -0.4 is 5.32 Å². The van der Waals surface area contributed by atoms with Crippen LogP contribution in [-0.4, -0.2) is 33.0 Å². The minimum atomic E-state index is -1.08. The van der Waals surface area contributed by atoms with Crippen LogP contribution in [0.15, 0.2) is 60.9 Å². The average molecular weight is 335 g/mol. The number of H-pyrrole nitrogens is 1. The Morgan fingerprint density at radius 3 is 2.76 bits per heavy atom. The first-order chi connectivity index (χ1) is 12.1. The molecule has 0 aliphatic heterocycles. The van der Waals surface area contributed by atoms with E-state index >= 15 is 0 Å². The number of aromatic amines is 1. The second-order valence-electron chi connectivity index (χ2n) is 5.55. The summed E-state index contributed by atoms with van der Waals surface area (Å²) in [5.74, 6) is -1.55. The molecule has 0 bridgehead atoms. The smallest absolute Gasteiger partial charge is 0.326 e. The van der Waals surface area contributed by atoms with Crippen molar-refractivity contribution in [2.75, 3.05) is 0 Å². The van der Waals surface area contributed by atoms with E-state index < -0.39 is 17.9 Å². The molecule has 3 rings (SSSR count). The molecule has 2 aromatic heterocycles. The predicted molar refractivity (Wildman–Crippen MR) is 94.8 cm³/mol. The largest absolute Gasteiger partial charge is 0.480 e. The molecule has 0 aliphatic carbocycles. The molecule has 0 saturated carbocycles. The van der Waals surface area contributed by atoms with Gasteiger partial charge in [0, 0.05) is 35.8 Å². The Kier molecular flexibility index (Phi) is 4.89. The van der Waals surface area contributed by atoms with Gasteiger partial charge in [0.25, 0.3) is 0 Å². The molecule has 3 N–H and O–H groups in total. The van der Waals surface area contributed by atoms with E-state index in [-0.39, 0.29) is 6.42 Å². The maximum atomic E-state index is 12.0. The lowest BCUT2D eigenvalue weighted by atomic mass is 10.0. The Morgan fingerprint density at radius 2 is 2.00 bits per heavy atom. The number of nitrogens with one attached hydrogen (secondary N) is 2. The van der Waals surface area contributed by atoms with Crippen molar-refractivity contribution < 1.29 is 14.7 Å². The number of rotatable bonds is 6. The van der Waals surface area contributed by atoms with Crippen LogP contribution in [0.25, 0.3) is 17.0 Å². The molecule has 0 radical (unpaired) electrons. The second kappa shape index (κ2) is 7.44. The fourth-order valence-electron chi connectivity index (χ4n) is 2.58. The Labute approximate surface area is 144 Å². The van der Waals surface area contributed by atoms with E-state index in [0.29, 0.717) is 5.69 Å². The molecule has 3 aromatic rings. The zero-order valence-electron chi connectivity index (χ0n) is 13.3. The van der Waals surface area contributed by atoms with Gasteiger partial charge in [-0.15, -0.1) is 0 Å². The molecule has 0 saturated heterocycles. The standard InChI is InChI=1S/C19H17N3O3/c23-18(9-8-14-5-3-4-10-20-14)22-17(19(24)25)11-13-12-21-16-7-2-1-6-15(13)16/h1-10,12,17,21H,11H2,(H,22,23)(H,24,25). The van der Waals surface area contributed by atoms with Gasteiger partial charge in [-0.05, 0) is 29.8 Å². The number of carbonyl (C=O) groups excluding carboxylic acids is 1. The summed E-state index contributed by atoms with van der Waals surface area (Å²) in [4.78, 5) is 30.7. The molecular formula is C19H17N3O3. The number of aliphatic carboxylic acids is 1. The summed E-state index contributed by atoms with van der Waals surface area (Å²) in [6.07, 6.45) is 6.42. The molecule has 1 atom stereocenters. The molecule has 6 heteroatoms. The summed E-state index contributed by atoms with van der Waals surface area (Å²) in [5.41, 5.74) is 2.40. The summed E-state index contributed by atoms with van der Waals surface area (Å²) in [6.45, 7) is 0. The zero-order valence-corrected chi connectivity index (χ0v) is 13.3. The highest BCUT2D eigenvalue weighted by Gasteiger charge is 2.21. The third-order valence-corrected chi connectivity index (χ3v) is 3.81. The summed E-state index contributed by atoms with van der Waals surface area (Å²) in [7, 11) is 0. The van der Waals surface area contributed by atoms with E-state index in [1.54, 1.807) is 30.6 Å². The van der Waals surface area contributed by atoms with Crippen LogP contribution >= 0.6 is 0 Å². The van der Waals surface area contributed by atoms with Gasteiger partial charge >= 0.3 is 5.97 Å². The first-order valence-corrected chi connectivity index (χ1v) is 7.81. The number of amides is 1. The van der Waals surface area contributed by atoms with E-state index in [0.717, 1.165) is 16.5 Å². The molecule has 2 heterocycles. The number of carboxylic acid groups (broad SMARTS) is 1. The maximum Gasteiger partial charge on any atom is 0.326 e. The third-order valence-electron chi connectivity index (χ3n) is 3.81. The van der Waals surface area contributed by atoms with Crippen molar-refractivity contribution in [1.29, 1.82) is 0 Å². The highest BCUT2D eigenvalue weighted by Crippen LogP contribution is 2.19. The van der Waals surface area contributed by atoms with Crippen molar-refractivity contribution in [2.24, 2.45) is 0 Å². The highest BCUT2D eigenvalue weighted by atomic mass is 16.4. The van der Waals surface area contributed by atoms with Crippen molar-refractivity contribution in [2.45, 2.75) is 12.5 Å². The van der Waals surface area contributed by atoms with Crippen LogP contribution in [0.3, 0.4) is 0 Å². The molecule has 0 spiro atoms. The van der Waals surface area contributed by atoms with E-state index in [2.05, 4.69) is 15.3 Å².